The second kappa shape index (κ2) is 12.5. The number of benzene rings is 2. The summed E-state index contributed by atoms with van der Waals surface area (Å²) in [5, 5.41) is 9.59. The number of carbonyl (C=O) groups is 4. The molecule has 0 heterocycles. The van der Waals surface area contributed by atoms with Crippen LogP contribution in [0.25, 0.3) is 0 Å². The topological polar surface area (TPSA) is 142 Å². The monoisotopic (exact) mass is 471 g/mol. The number of esters is 3. The molecule has 3 atom stereocenters. The van der Waals surface area contributed by atoms with Gasteiger partial charge < -0.3 is 25.1 Å². The van der Waals surface area contributed by atoms with E-state index in [1.165, 1.54) is 12.1 Å². The fraction of sp³-hybridized carbons (Fsp3) is 0.360. The Hall–Kier alpha value is -3.72. The summed E-state index contributed by atoms with van der Waals surface area (Å²) in [6, 6.07) is 11.4. The van der Waals surface area contributed by atoms with Gasteiger partial charge >= 0.3 is 23.9 Å². The second-order valence-electron chi connectivity index (χ2n) is 7.69. The van der Waals surface area contributed by atoms with E-state index in [-0.39, 0.29) is 30.9 Å². The van der Waals surface area contributed by atoms with Crippen molar-refractivity contribution in [3.05, 3.63) is 59.7 Å². The first kappa shape index (κ1) is 26.5. The molecule has 0 amide bonds. The highest BCUT2D eigenvalue weighted by Gasteiger charge is 2.32. The predicted octanol–water partition coefficient (Wildman–Crippen LogP) is 3.31. The number of nitrogens with two attached hydrogens (primary N) is 1. The Balaban J connectivity index is 2.35. The normalized spacial score (nSPS) is 13.3. The molecule has 0 aliphatic carbocycles. The molecular weight excluding hydrogens is 442 g/mol. The molecule has 0 aliphatic rings. The van der Waals surface area contributed by atoms with Crippen molar-refractivity contribution in [3.63, 3.8) is 0 Å². The molecule has 0 fully saturated rings. The number of aliphatic carboxylic acids is 1. The maximum absolute atomic E-state index is 12.3. The number of carboxylic acid groups (broad SMARTS) is 1. The van der Waals surface area contributed by atoms with Crippen LogP contribution in [-0.4, -0.2) is 41.6 Å². The van der Waals surface area contributed by atoms with E-state index in [1.54, 1.807) is 57.2 Å². The third kappa shape index (κ3) is 7.14. The molecule has 2 aromatic carbocycles. The van der Waals surface area contributed by atoms with Crippen LogP contribution in [0.5, 0.6) is 11.5 Å². The van der Waals surface area contributed by atoms with Crippen LogP contribution in [0.15, 0.2) is 48.5 Å². The molecule has 2 rings (SSSR count). The zero-order valence-corrected chi connectivity index (χ0v) is 19.4. The minimum Gasteiger partial charge on any atom is -0.480 e. The minimum absolute atomic E-state index is 0.0257. The number of rotatable bonds is 11. The van der Waals surface area contributed by atoms with Crippen LogP contribution in [-0.2, 0) is 19.1 Å². The SMILES string of the molecule is CCC(=O)Oc1ccc(C(C(C)COC(=O)c2ccccc2)[C@H](N)C(=O)O)cc1OC(=O)CC. The van der Waals surface area contributed by atoms with Gasteiger partial charge in [-0.2, -0.15) is 0 Å². The number of carboxylic acids is 1. The molecule has 0 aromatic heterocycles. The Morgan fingerprint density at radius 3 is 2.06 bits per heavy atom. The number of hydrogen-bond acceptors (Lipinski definition) is 8. The molecule has 2 aromatic rings. The van der Waals surface area contributed by atoms with Gasteiger partial charge in [0.25, 0.3) is 0 Å². The van der Waals surface area contributed by atoms with Gasteiger partial charge in [0.1, 0.15) is 6.04 Å². The van der Waals surface area contributed by atoms with Crippen molar-refractivity contribution in [1.82, 2.24) is 0 Å². The molecule has 0 radical (unpaired) electrons. The lowest BCUT2D eigenvalue weighted by Gasteiger charge is -2.28. The third-order valence-electron chi connectivity index (χ3n) is 5.15. The smallest absolute Gasteiger partial charge is 0.338 e. The van der Waals surface area contributed by atoms with Gasteiger partial charge in [-0.25, -0.2) is 4.79 Å². The van der Waals surface area contributed by atoms with Gasteiger partial charge in [-0.15, -0.1) is 0 Å². The molecular formula is C25H29NO8. The van der Waals surface area contributed by atoms with Crippen LogP contribution in [0.1, 0.15) is 55.5 Å². The highest BCUT2D eigenvalue weighted by atomic mass is 16.6. The average molecular weight is 472 g/mol. The summed E-state index contributed by atoms with van der Waals surface area (Å²) in [6.45, 7) is 4.83. The van der Waals surface area contributed by atoms with Crippen molar-refractivity contribution in [3.8, 4) is 11.5 Å². The van der Waals surface area contributed by atoms with Gasteiger partial charge in [0.2, 0.25) is 0 Å². The van der Waals surface area contributed by atoms with Crippen LogP contribution in [0, 0.1) is 5.92 Å². The number of hydrogen-bond donors (Lipinski definition) is 2. The summed E-state index contributed by atoms with van der Waals surface area (Å²) in [6.07, 6.45) is 0.189. The zero-order chi connectivity index (χ0) is 25.3. The van der Waals surface area contributed by atoms with E-state index in [1.807, 2.05) is 0 Å². The zero-order valence-electron chi connectivity index (χ0n) is 19.4. The molecule has 0 saturated carbocycles. The van der Waals surface area contributed by atoms with E-state index < -0.39 is 41.8 Å². The largest absolute Gasteiger partial charge is 0.480 e. The summed E-state index contributed by atoms with van der Waals surface area (Å²) in [4.78, 5) is 47.8. The quantitative estimate of drug-likeness (QED) is 0.373. The Kier molecular flexibility index (Phi) is 9.76. The van der Waals surface area contributed by atoms with Crippen molar-refractivity contribution in [1.29, 1.82) is 0 Å². The van der Waals surface area contributed by atoms with Gasteiger partial charge in [-0.1, -0.05) is 45.0 Å². The van der Waals surface area contributed by atoms with Crippen molar-refractivity contribution in [2.75, 3.05) is 6.61 Å². The summed E-state index contributed by atoms with van der Waals surface area (Å²) in [7, 11) is 0. The third-order valence-corrected chi connectivity index (χ3v) is 5.15. The van der Waals surface area contributed by atoms with E-state index in [0.29, 0.717) is 11.1 Å². The number of ether oxygens (including phenoxy) is 3. The summed E-state index contributed by atoms with van der Waals surface area (Å²) < 4.78 is 15.9. The maximum atomic E-state index is 12.3. The van der Waals surface area contributed by atoms with Crippen molar-refractivity contribution < 1.29 is 38.5 Å². The molecule has 0 saturated heterocycles. The van der Waals surface area contributed by atoms with Crippen molar-refractivity contribution in [2.24, 2.45) is 11.7 Å². The Bertz CT molecular complexity index is 1020. The Morgan fingerprint density at radius 2 is 1.50 bits per heavy atom. The van der Waals surface area contributed by atoms with Crippen LogP contribution in [0.4, 0.5) is 0 Å². The molecule has 182 valence electrons. The molecule has 9 nitrogen and oxygen atoms in total. The summed E-state index contributed by atoms with van der Waals surface area (Å²) in [5.41, 5.74) is 6.79. The van der Waals surface area contributed by atoms with Crippen LogP contribution >= 0.6 is 0 Å². The minimum atomic E-state index is -1.34. The summed E-state index contributed by atoms with van der Waals surface area (Å²) in [5.74, 6) is -4.20. The fourth-order valence-electron chi connectivity index (χ4n) is 3.30. The van der Waals surface area contributed by atoms with Gasteiger partial charge in [-0.05, 0) is 35.7 Å². The highest BCUT2D eigenvalue weighted by molar-refractivity contribution is 5.89. The molecule has 3 N–H and O–H groups in total. The lowest BCUT2D eigenvalue weighted by atomic mass is 9.82. The summed E-state index contributed by atoms with van der Waals surface area (Å²) >= 11 is 0. The standard InChI is InChI=1S/C25H29NO8/c1-4-20(27)33-18-12-11-17(13-19(18)34-21(28)5-2)22(23(26)24(29)30)15(3)14-32-25(31)16-9-7-6-8-10-16/h6-13,15,22-23H,4-5,14,26H2,1-3H3,(H,29,30)/t15?,22?,23-/m0/s1. The molecule has 34 heavy (non-hydrogen) atoms. The lowest BCUT2D eigenvalue weighted by Crippen LogP contribution is -2.40. The number of carbonyl (C=O) groups excluding carboxylic acids is 3. The van der Waals surface area contributed by atoms with Gasteiger partial charge in [0.05, 0.1) is 12.2 Å². The van der Waals surface area contributed by atoms with E-state index in [0.717, 1.165) is 0 Å². The van der Waals surface area contributed by atoms with Gasteiger partial charge in [-0.3, -0.25) is 14.4 Å². The van der Waals surface area contributed by atoms with Crippen molar-refractivity contribution in [2.45, 2.75) is 45.6 Å². The first-order valence-electron chi connectivity index (χ1n) is 10.9. The molecule has 0 spiro atoms. The lowest BCUT2D eigenvalue weighted by molar-refractivity contribution is -0.139. The van der Waals surface area contributed by atoms with Gasteiger partial charge in [0.15, 0.2) is 11.5 Å². The second-order valence-corrected chi connectivity index (χ2v) is 7.69. The van der Waals surface area contributed by atoms with Crippen LogP contribution in [0.2, 0.25) is 0 Å². The van der Waals surface area contributed by atoms with Crippen LogP contribution < -0.4 is 15.2 Å². The maximum Gasteiger partial charge on any atom is 0.338 e. The average Bonchev–Trinajstić information content (AvgIpc) is 2.84. The van der Waals surface area contributed by atoms with E-state index in [4.69, 9.17) is 19.9 Å². The highest BCUT2D eigenvalue weighted by Crippen LogP contribution is 2.36. The molecule has 9 heteroatoms. The van der Waals surface area contributed by atoms with Crippen LogP contribution in [0.3, 0.4) is 0 Å². The van der Waals surface area contributed by atoms with E-state index in [9.17, 15) is 24.3 Å². The van der Waals surface area contributed by atoms with Crippen molar-refractivity contribution >= 4 is 23.9 Å². The van der Waals surface area contributed by atoms with Gasteiger partial charge in [0, 0.05) is 18.8 Å². The first-order chi connectivity index (χ1) is 16.2. The predicted molar refractivity (Wildman–Crippen MR) is 123 cm³/mol. The van der Waals surface area contributed by atoms with E-state index in [2.05, 4.69) is 0 Å². The van der Waals surface area contributed by atoms with E-state index >= 15 is 0 Å². The Labute approximate surface area is 197 Å². The molecule has 0 aliphatic heterocycles. The molecule has 0 bridgehead atoms. The first-order valence-corrected chi connectivity index (χ1v) is 10.9. The fourth-order valence-corrected chi connectivity index (χ4v) is 3.30. The Morgan fingerprint density at radius 1 is 0.912 bits per heavy atom. The molecule has 2 unspecified atom stereocenters.